The minimum Gasteiger partial charge on any atom is -0.463 e. The number of allylic oxidation sites excluding steroid dienone is 32. The maximum Gasteiger partial charge on any atom is 0.472 e. The van der Waals surface area contributed by atoms with Gasteiger partial charge in [-0.15, -0.1) is 0 Å². The Bertz CT molecular complexity index is 2980. The van der Waals surface area contributed by atoms with Gasteiger partial charge in [-0.2, -0.15) is 0 Å². The van der Waals surface area contributed by atoms with Crippen LogP contribution in [0.25, 0.3) is 0 Å². The summed E-state index contributed by atoms with van der Waals surface area (Å²) in [6.45, 7) is 2.45. The number of hydrogen-bond donors (Lipinski definition) is 4. The second kappa shape index (κ2) is 93.5. The maximum absolute atomic E-state index is 13.1. The van der Waals surface area contributed by atoms with E-state index in [4.69, 9.17) is 32.3 Å². The fraction of sp³-hybridized carbons (Fsp3) is 0.660. The van der Waals surface area contributed by atoms with Crippen molar-refractivity contribution in [2.45, 2.75) is 399 Å². The fourth-order valence-corrected chi connectivity index (χ4v) is 14.2. The van der Waals surface area contributed by atoms with Crippen LogP contribution in [0.3, 0.4) is 0 Å². The first-order valence-corrected chi connectivity index (χ1v) is 50.7. The molecule has 0 amide bonds. The quantitative estimate of drug-likeness (QED) is 0.0146. The van der Waals surface area contributed by atoms with Gasteiger partial charge < -0.3 is 34.2 Å². The predicted molar refractivity (Wildman–Crippen MR) is 509 cm³/mol. The lowest BCUT2D eigenvalue weighted by Crippen LogP contribution is -2.30. The van der Waals surface area contributed by atoms with Gasteiger partial charge in [-0.1, -0.05) is 389 Å². The summed E-state index contributed by atoms with van der Waals surface area (Å²) in [5.74, 6) is -1.59. The molecule has 0 bridgehead atoms. The lowest BCUT2D eigenvalue weighted by Gasteiger charge is -2.21. The molecule has 5 unspecified atom stereocenters. The number of phosphoric ester groups is 2. The van der Waals surface area contributed by atoms with Crippen LogP contribution in [-0.2, 0) is 55.8 Å². The number of hydrogen-bond acceptors (Lipinski definition) is 14. The van der Waals surface area contributed by atoms with Crippen LogP contribution in [0, 0.1) is 0 Å². The predicted octanol–water partition coefficient (Wildman–Crippen LogP) is 29.8. The Hall–Kier alpha value is -5.61. The van der Waals surface area contributed by atoms with Gasteiger partial charge in [-0.25, -0.2) is 9.13 Å². The molecule has 0 spiro atoms. The highest BCUT2D eigenvalue weighted by atomic mass is 31.2. The van der Waals surface area contributed by atoms with Crippen LogP contribution in [-0.4, -0.2) is 95.9 Å². The molecule has 0 radical (unpaired) electrons. The molecule has 0 heterocycles. The summed E-state index contributed by atoms with van der Waals surface area (Å²) in [6.07, 6.45) is 125. The Labute approximate surface area is 737 Å². The zero-order valence-corrected chi connectivity index (χ0v) is 77.9. The summed E-state index contributed by atoms with van der Waals surface area (Å²) >= 11 is 0. The molecule has 0 rings (SSSR count). The largest absolute Gasteiger partial charge is 0.472 e. The number of unbranched alkanes of at least 4 members (excludes halogenated alkanes) is 34. The number of esters is 3. The highest BCUT2D eigenvalue weighted by molar-refractivity contribution is 7.47. The van der Waals surface area contributed by atoms with Gasteiger partial charge in [-0.3, -0.25) is 32.5 Å². The van der Waals surface area contributed by atoms with Crippen LogP contribution in [0.2, 0.25) is 0 Å². The molecule has 121 heavy (non-hydrogen) atoms. The van der Waals surface area contributed by atoms with E-state index in [9.17, 15) is 43.5 Å². The highest BCUT2D eigenvalue weighted by Gasteiger charge is 2.30. The van der Waals surface area contributed by atoms with Gasteiger partial charge in [-0.05, 0) is 167 Å². The van der Waals surface area contributed by atoms with Crippen molar-refractivity contribution in [3.05, 3.63) is 194 Å². The summed E-state index contributed by atoms with van der Waals surface area (Å²) in [6, 6.07) is 0. The molecular weight excluding hydrogens is 1560 g/mol. The highest BCUT2D eigenvalue weighted by Crippen LogP contribution is 2.45. The van der Waals surface area contributed by atoms with Crippen molar-refractivity contribution >= 4 is 33.6 Å². The average Bonchev–Trinajstić information content (AvgIpc) is 0.884. The molecule has 18 heteroatoms. The van der Waals surface area contributed by atoms with E-state index < -0.39 is 91.5 Å². The molecule has 0 saturated heterocycles. The van der Waals surface area contributed by atoms with Gasteiger partial charge in [0.2, 0.25) is 0 Å². The van der Waals surface area contributed by atoms with Gasteiger partial charge in [0.25, 0.3) is 0 Å². The van der Waals surface area contributed by atoms with Gasteiger partial charge in [0.15, 0.2) is 6.10 Å². The first-order chi connectivity index (χ1) is 59.2. The van der Waals surface area contributed by atoms with E-state index in [-0.39, 0.29) is 19.3 Å². The molecule has 5 atom stereocenters. The standard InChI is InChI=1S/C103H172O16P2/c1-4-7-10-13-16-19-22-25-28-31-34-37-40-42-44-46-48-50-52-54-57-59-62-65-68-71-74-77-80-83-86-89-101(106)113-92-98(104)93-115-120(109,110)116-94-99(105)95-117-121(111,112)118-97-100(119-103(108)91-88-85-82-79-76-73-70-67-64-61-56-39-36-33-30-27-24-21-18-15-12-9-6-3)96-114-102(107)90-87-84-81-78-75-72-69-66-63-60-58-55-53-51-49-47-45-43-41-38-35-32-29-26-23-20-17-14-11-8-5-2/h7-8,10-11,16-21,25-30,34-39,42-45,48-51,61,64,98-100,104-105H,4-6,9,12-15,22-24,31-33,40-41,46-47,52-60,62-63,65-97H2,1-3H3,(H,109,110)(H,111,112)/b10-7-,11-8-,19-16-,20-17-,21-18-,28-25-,29-26-,30-27-,37-34-,38-35-,39-36-,44-42-,45-43-,50-48-,51-49-,64-61-. The van der Waals surface area contributed by atoms with Gasteiger partial charge >= 0.3 is 33.6 Å². The molecule has 16 nitrogen and oxygen atoms in total. The molecular formula is C103H172O16P2. The first-order valence-electron chi connectivity index (χ1n) is 47.7. The second-order valence-corrected chi connectivity index (χ2v) is 34.3. The molecule has 0 aliphatic carbocycles. The van der Waals surface area contributed by atoms with Crippen molar-refractivity contribution in [2.24, 2.45) is 0 Å². The molecule has 0 fully saturated rings. The number of aliphatic hydroxyl groups is 2. The molecule has 0 saturated carbocycles. The minimum absolute atomic E-state index is 0.0867. The number of carbonyl (C=O) groups excluding carboxylic acids is 3. The van der Waals surface area contributed by atoms with Crippen molar-refractivity contribution < 1.29 is 75.8 Å². The molecule has 0 aromatic rings. The monoisotopic (exact) mass is 1730 g/mol. The molecule has 0 aromatic heterocycles. The number of carbonyl (C=O) groups is 3. The zero-order chi connectivity index (χ0) is 87.9. The number of phosphoric acid groups is 2. The van der Waals surface area contributed by atoms with E-state index in [1.165, 1.54) is 122 Å². The molecule has 690 valence electrons. The summed E-state index contributed by atoms with van der Waals surface area (Å²) in [5, 5.41) is 20.8. The van der Waals surface area contributed by atoms with E-state index in [2.05, 4.69) is 215 Å². The molecule has 4 N–H and O–H groups in total. The first kappa shape index (κ1) is 115. The zero-order valence-electron chi connectivity index (χ0n) is 76.1. The van der Waals surface area contributed by atoms with Gasteiger partial charge in [0.05, 0.1) is 26.4 Å². The lowest BCUT2D eigenvalue weighted by atomic mass is 10.0. The van der Waals surface area contributed by atoms with Crippen LogP contribution in [0.5, 0.6) is 0 Å². The summed E-state index contributed by atoms with van der Waals surface area (Å²) in [5.41, 5.74) is 0. The van der Waals surface area contributed by atoms with E-state index in [1.807, 2.05) is 0 Å². The van der Waals surface area contributed by atoms with Crippen LogP contribution < -0.4 is 0 Å². The maximum atomic E-state index is 13.1. The topological polar surface area (TPSA) is 231 Å². The minimum atomic E-state index is -4.95. The Morgan fingerprint density at radius 1 is 0.240 bits per heavy atom. The van der Waals surface area contributed by atoms with Crippen LogP contribution in [0.15, 0.2) is 194 Å². The summed E-state index contributed by atoms with van der Waals surface area (Å²) < 4.78 is 61.6. The van der Waals surface area contributed by atoms with Crippen molar-refractivity contribution in [1.82, 2.24) is 0 Å². The summed E-state index contributed by atoms with van der Waals surface area (Å²) in [7, 11) is -9.82. The number of rotatable bonds is 89. The third-order valence-corrected chi connectivity index (χ3v) is 21.7. The average molecular weight is 1730 g/mol. The smallest absolute Gasteiger partial charge is 0.463 e. The van der Waals surface area contributed by atoms with Crippen LogP contribution in [0.4, 0.5) is 0 Å². The molecule has 0 aromatic carbocycles. The van der Waals surface area contributed by atoms with Crippen molar-refractivity contribution in [1.29, 1.82) is 0 Å². The van der Waals surface area contributed by atoms with Gasteiger partial charge in [0, 0.05) is 19.3 Å². The molecule has 0 aliphatic rings. The second-order valence-electron chi connectivity index (χ2n) is 31.4. The number of ether oxygens (including phenoxy) is 3. The number of aliphatic hydroxyl groups excluding tert-OH is 2. The summed E-state index contributed by atoms with van der Waals surface area (Å²) in [4.78, 5) is 59.1. The normalized spacial score (nSPS) is 14.6. The van der Waals surface area contributed by atoms with E-state index in [1.54, 1.807) is 0 Å². The van der Waals surface area contributed by atoms with E-state index in [0.29, 0.717) is 19.3 Å². The third-order valence-electron chi connectivity index (χ3n) is 19.8. The van der Waals surface area contributed by atoms with E-state index in [0.717, 1.165) is 199 Å². The third kappa shape index (κ3) is 94.9. The Kier molecular flexibility index (Phi) is 89.2. The fourth-order valence-electron chi connectivity index (χ4n) is 12.6. The molecule has 0 aliphatic heterocycles. The van der Waals surface area contributed by atoms with Gasteiger partial charge in [0.1, 0.15) is 25.4 Å². The van der Waals surface area contributed by atoms with E-state index >= 15 is 0 Å². The van der Waals surface area contributed by atoms with Crippen molar-refractivity contribution in [3.8, 4) is 0 Å². The van der Waals surface area contributed by atoms with Crippen LogP contribution in [0.1, 0.15) is 380 Å². The SMILES string of the molecule is CC/C=C\C/C=C\C/C=C\C/C=C\C/C=C\C/C=C\CCCCCCCCCCCCCCC(=O)OCC(O)COP(=O)(O)OCC(O)COP(=O)(O)OCC(COC(=O)CCCCCCCCCCCCCC/C=C\C/C=C\C/C=C\C/C=C\C/C=C\C/C=C\CC)OC(=O)CCCCCCCCC/C=C\C/C=C\C/C=C\C/C=C\CCCCC. The van der Waals surface area contributed by atoms with Crippen LogP contribution >= 0.6 is 15.6 Å². The van der Waals surface area contributed by atoms with Crippen molar-refractivity contribution in [3.63, 3.8) is 0 Å². The Morgan fingerprint density at radius 3 is 0.694 bits per heavy atom. The van der Waals surface area contributed by atoms with Crippen molar-refractivity contribution in [2.75, 3.05) is 39.6 Å². The lowest BCUT2D eigenvalue weighted by molar-refractivity contribution is -0.161. The Morgan fingerprint density at radius 2 is 0.438 bits per heavy atom. The Balaban J connectivity index is 4.64.